The van der Waals surface area contributed by atoms with Crippen molar-refractivity contribution >= 4 is 11.3 Å². The molecular formula is C13H20N2S. The smallest absolute Gasteiger partial charge is 0.0359 e. The van der Waals surface area contributed by atoms with Gasteiger partial charge in [-0.1, -0.05) is 0 Å². The quantitative estimate of drug-likeness (QED) is 0.854. The molecule has 2 N–H and O–H groups in total. The number of fused-ring (bicyclic) bond motifs is 1. The highest BCUT2D eigenvalue weighted by Crippen LogP contribution is 2.39. The van der Waals surface area contributed by atoms with Gasteiger partial charge in [0.25, 0.3) is 0 Å². The molecule has 3 heteroatoms. The molecule has 3 rings (SSSR count). The van der Waals surface area contributed by atoms with Crippen molar-refractivity contribution in [3.63, 3.8) is 0 Å². The molecule has 0 saturated carbocycles. The van der Waals surface area contributed by atoms with Crippen LogP contribution in [0.1, 0.15) is 35.7 Å². The fraction of sp³-hybridized carbons (Fsp3) is 0.692. The molecule has 1 aliphatic heterocycles. The van der Waals surface area contributed by atoms with Crippen molar-refractivity contribution in [3.05, 3.63) is 21.9 Å². The Bertz CT molecular complexity index is 361. The van der Waals surface area contributed by atoms with Crippen molar-refractivity contribution in [2.24, 2.45) is 11.7 Å². The van der Waals surface area contributed by atoms with E-state index in [0.29, 0.717) is 6.04 Å². The maximum absolute atomic E-state index is 5.78. The minimum absolute atomic E-state index is 0.701. The minimum atomic E-state index is 0.701. The van der Waals surface area contributed by atoms with Crippen molar-refractivity contribution in [2.45, 2.75) is 31.7 Å². The molecule has 0 aromatic carbocycles. The lowest BCUT2D eigenvalue weighted by Crippen LogP contribution is -2.29. The molecule has 0 spiro atoms. The van der Waals surface area contributed by atoms with Gasteiger partial charge in [-0.2, -0.15) is 0 Å². The Balaban J connectivity index is 1.77. The Hall–Kier alpha value is -0.380. The van der Waals surface area contributed by atoms with Gasteiger partial charge < -0.3 is 5.73 Å². The van der Waals surface area contributed by atoms with Crippen LogP contribution in [-0.4, -0.2) is 24.5 Å². The number of hydrogen-bond acceptors (Lipinski definition) is 3. The van der Waals surface area contributed by atoms with Crippen molar-refractivity contribution in [2.75, 3.05) is 19.6 Å². The van der Waals surface area contributed by atoms with E-state index in [4.69, 9.17) is 5.73 Å². The minimum Gasteiger partial charge on any atom is -0.330 e. The lowest BCUT2D eigenvalue weighted by Gasteiger charge is -2.31. The van der Waals surface area contributed by atoms with Crippen LogP contribution < -0.4 is 5.73 Å². The number of likely N-dealkylation sites (tertiary alicyclic amines) is 1. The average molecular weight is 236 g/mol. The second kappa shape index (κ2) is 4.47. The molecule has 2 unspecified atom stereocenters. The maximum atomic E-state index is 5.78. The Morgan fingerprint density at radius 2 is 2.38 bits per heavy atom. The summed E-state index contributed by atoms with van der Waals surface area (Å²) in [6.07, 6.45) is 5.31. The summed E-state index contributed by atoms with van der Waals surface area (Å²) in [5, 5.41) is 2.26. The fourth-order valence-corrected chi connectivity index (χ4v) is 4.16. The SMILES string of the molecule is NCC1CCN(C2CCCc3sccc32)C1. The third kappa shape index (κ3) is 1.81. The van der Waals surface area contributed by atoms with Crippen LogP contribution in [0.2, 0.25) is 0 Å². The summed E-state index contributed by atoms with van der Waals surface area (Å²) in [6.45, 7) is 3.33. The van der Waals surface area contributed by atoms with Crippen LogP contribution in [0.15, 0.2) is 11.4 Å². The van der Waals surface area contributed by atoms with E-state index in [9.17, 15) is 0 Å². The second-order valence-corrected chi connectivity index (χ2v) is 6.09. The molecule has 88 valence electrons. The van der Waals surface area contributed by atoms with E-state index in [0.717, 1.165) is 12.5 Å². The average Bonchev–Trinajstić information content (AvgIpc) is 2.97. The standard InChI is InChI=1S/C13H20N2S/c14-8-10-4-6-15(9-10)12-2-1-3-13-11(12)5-7-16-13/h5,7,10,12H,1-4,6,8-9,14H2. The molecular weight excluding hydrogens is 216 g/mol. The van der Waals surface area contributed by atoms with Crippen molar-refractivity contribution in [3.8, 4) is 0 Å². The molecule has 0 radical (unpaired) electrons. The lowest BCUT2D eigenvalue weighted by atomic mass is 9.93. The molecule has 2 aliphatic rings. The van der Waals surface area contributed by atoms with Crippen LogP contribution in [0, 0.1) is 5.92 Å². The molecule has 1 aromatic heterocycles. The van der Waals surface area contributed by atoms with Gasteiger partial charge in [0.05, 0.1) is 0 Å². The van der Waals surface area contributed by atoms with Crippen LogP contribution >= 0.6 is 11.3 Å². The summed E-state index contributed by atoms with van der Waals surface area (Å²) in [5.74, 6) is 0.740. The summed E-state index contributed by atoms with van der Waals surface area (Å²) >= 11 is 1.94. The van der Waals surface area contributed by atoms with Crippen molar-refractivity contribution < 1.29 is 0 Å². The summed E-state index contributed by atoms with van der Waals surface area (Å²) < 4.78 is 0. The Morgan fingerprint density at radius 3 is 3.19 bits per heavy atom. The van der Waals surface area contributed by atoms with Crippen LogP contribution in [0.4, 0.5) is 0 Å². The number of aryl methyl sites for hydroxylation is 1. The first-order chi connectivity index (χ1) is 7.88. The topological polar surface area (TPSA) is 29.3 Å². The zero-order valence-electron chi connectivity index (χ0n) is 9.69. The number of thiophene rings is 1. The molecule has 1 fully saturated rings. The summed E-state index contributed by atoms with van der Waals surface area (Å²) in [7, 11) is 0. The van der Waals surface area contributed by atoms with Gasteiger partial charge in [-0.05, 0) is 61.7 Å². The third-order valence-electron chi connectivity index (χ3n) is 4.11. The largest absolute Gasteiger partial charge is 0.330 e. The lowest BCUT2D eigenvalue weighted by molar-refractivity contribution is 0.215. The monoisotopic (exact) mass is 236 g/mol. The zero-order chi connectivity index (χ0) is 11.0. The maximum Gasteiger partial charge on any atom is 0.0359 e. The van der Waals surface area contributed by atoms with E-state index in [1.807, 2.05) is 11.3 Å². The molecule has 0 bridgehead atoms. The van der Waals surface area contributed by atoms with Gasteiger partial charge in [0.15, 0.2) is 0 Å². The molecule has 2 heterocycles. The number of rotatable bonds is 2. The summed E-state index contributed by atoms with van der Waals surface area (Å²) in [5.41, 5.74) is 7.39. The van der Waals surface area contributed by atoms with E-state index >= 15 is 0 Å². The van der Waals surface area contributed by atoms with Crippen LogP contribution in [-0.2, 0) is 6.42 Å². The molecule has 1 saturated heterocycles. The predicted molar refractivity (Wildman–Crippen MR) is 68.7 cm³/mol. The van der Waals surface area contributed by atoms with Crippen LogP contribution in [0.5, 0.6) is 0 Å². The van der Waals surface area contributed by atoms with Crippen molar-refractivity contribution in [1.29, 1.82) is 0 Å². The van der Waals surface area contributed by atoms with Gasteiger partial charge in [-0.25, -0.2) is 0 Å². The predicted octanol–water partition coefficient (Wildman–Crippen LogP) is 2.41. The first-order valence-electron chi connectivity index (χ1n) is 6.39. The Morgan fingerprint density at radius 1 is 1.44 bits per heavy atom. The van der Waals surface area contributed by atoms with E-state index in [-0.39, 0.29) is 0 Å². The molecule has 1 aromatic rings. The van der Waals surface area contributed by atoms with Crippen LogP contribution in [0.3, 0.4) is 0 Å². The highest BCUT2D eigenvalue weighted by Gasteiger charge is 2.31. The molecule has 2 nitrogen and oxygen atoms in total. The van der Waals surface area contributed by atoms with E-state index in [1.165, 1.54) is 38.8 Å². The van der Waals surface area contributed by atoms with E-state index < -0.39 is 0 Å². The Labute approximate surface area is 101 Å². The second-order valence-electron chi connectivity index (χ2n) is 5.09. The number of nitrogens with zero attached hydrogens (tertiary/aromatic N) is 1. The van der Waals surface area contributed by atoms with Gasteiger partial charge in [0.2, 0.25) is 0 Å². The molecule has 2 atom stereocenters. The van der Waals surface area contributed by atoms with Crippen LogP contribution in [0.25, 0.3) is 0 Å². The molecule has 0 amide bonds. The number of hydrogen-bond donors (Lipinski definition) is 1. The fourth-order valence-electron chi connectivity index (χ4n) is 3.18. The van der Waals surface area contributed by atoms with Gasteiger partial charge >= 0.3 is 0 Å². The van der Waals surface area contributed by atoms with Gasteiger partial charge in [0, 0.05) is 17.5 Å². The molecule has 1 aliphatic carbocycles. The van der Waals surface area contributed by atoms with E-state index in [1.54, 1.807) is 10.4 Å². The normalized spacial score (nSPS) is 30.6. The van der Waals surface area contributed by atoms with E-state index in [2.05, 4.69) is 16.3 Å². The highest BCUT2D eigenvalue weighted by atomic mass is 32.1. The van der Waals surface area contributed by atoms with Gasteiger partial charge in [-0.15, -0.1) is 11.3 Å². The Kier molecular flexibility index (Phi) is 3.01. The summed E-state index contributed by atoms with van der Waals surface area (Å²) in [6, 6.07) is 3.05. The first kappa shape index (κ1) is 10.8. The summed E-state index contributed by atoms with van der Waals surface area (Å²) in [4.78, 5) is 4.30. The number of nitrogens with two attached hydrogens (primary N) is 1. The first-order valence-corrected chi connectivity index (χ1v) is 7.27. The zero-order valence-corrected chi connectivity index (χ0v) is 10.5. The third-order valence-corrected chi connectivity index (χ3v) is 5.11. The molecule has 16 heavy (non-hydrogen) atoms. The van der Waals surface area contributed by atoms with Gasteiger partial charge in [-0.3, -0.25) is 4.90 Å². The van der Waals surface area contributed by atoms with Crippen molar-refractivity contribution in [1.82, 2.24) is 4.90 Å². The van der Waals surface area contributed by atoms with Gasteiger partial charge in [0.1, 0.15) is 0 Å². The highest BCUT2D eigenvalue weighted by molar-refractivity contribution is 7.10.